The SMILES string of the molecule is CCNCc1cc(Br)c(OCCCCCO)c(Br)c1. The van der Waals surface area contributed by atoms with Crippen LogP contribution in [0.4, 0.5) is 0 Å². The van der Waals surface area contributed by atoms with Gasteiger partial charge in [-0.15, -0.1) is 0 Å². The Hall–Kier alpha value is -0.100. The Bertz CT molecular complexity index is 363. The first-order valence-electron chi connectivity index (χ1n) is 6.61. The van der Waals surface area contributed by atoms with Crippen molar-refractivity contribution in [2.75, 3.05) is 19.8 Å². The monoisotopic (exact) mass is 393 g/mol. The zero-order valence-corrected chi connectivity index (χ0v) is 14.4. The summed E-state index contributed by atoms with van der Waals surface area (Å²) in [5.74, 6) is 0.851. The molecule has 0 aromatic heterocycles. The molecular formula is C14H21Br2NO2. The normalized spacial score (nSPS) is 10.7. The van der Waals surface area contributed by atoms with E-state index in [9.17, 15) is 0 Å². The third-order valence-electron chi connectivity index (χ3n) is 2.69. The summed E-state index contributed by atoms with van der Waals surface area (Å²) in [6.07, 6.45) is 2.79. The number of ether oxygens (including phenoxy) is 1. The van der Waals surface area contributed by atoms with Crippen molar-refractivity contribution in [3.05, 3.63) is 26.6 Å². The van der Waals surface area contributed by atoms with Gasteiger partial charge in [0.2, 0.25) is 0 Å². The highest BCUT2D eigenvalue weighted by molar-refractivity contribution is 9.11. The average molecular weight is 395 g/mol. The van der Waals surface area contributed by atoms with E-state index in [0.717, 1.165) is 47.0 Å². The molecule has 2 N–H and O–H groups in total. The molecule has 0 aliphatic rings. The smallest absolute Gasteiger partial charge is 0.147 e. The summed E-state index contributed by atoms with van der Waals surface area (Å²) in [7, 11) is 0. The standard InChI is InChI=1S/C14H21Br2NO2/c1-2-17-10-11-8-12(15)14(13(16)9-11)19-7-5-3-4-6-18/h8-9,17-18H,2-7,10H2,1H3. The summed E-state index contributed by atoms with van der Waals surface area (Å²) in [5, 5.41) is 12.0. The van der Waals surface area contributed by atoms with Gasteiger partial charge in [0.25, 0.3) is 0 Å². The van der Waals surface area contributed by atoms with Gasteiger partial charge < -0.3 is 15.2 Å². The highest BCUT2D eigenvalue weighted by atomic mass is 79.9. The van der Waals surface area contributed by atoms with E-state index in [1.54, 1.807) is 0 Å². The van der Waals surface area contributed by atoms with Gasteiger partial charge in [0.1, 0.15) is 5.75 Å². The van der Waals surface area contributed by atoms with Crippen LogP contribution in [0.3, 0.4) is 0 Å². The number of halogens is 2. The molecule has 0 amide bonds. The van der Waals surface area contributed by atoms with Crippen molar-refractivity contribution >= 4 is 31.9 Å². The van der Waals surface area contributed by atoms with E-state index in [-0.39, 0.29) is 6.61 Å². The van der Waals surface area contributed by atoms with Crippen LogP contribution in [0.5, 0.6) is 5.75 Å². The number of aliphatic hydroxyl groups is 1. The first-order chi connectivity index (χ1) is 9.19. The molecule has 0 aliphatic heterocycles. The summed E-state index contributed by atoms with van der Waals surface area (Å²) in [5.41, 5.74) is 1.22. The van der Waals surface area contributed by atoms with Crippen molar-refractivity contribution < 1.29 is 9.84 Å². The molecule has 3 nitrogen and oxygen atoms in total. The molecule has 0 fully saturated rings. The minimum Gasteiger partial charge on any atom is -0.491 e. The predicted molar refractivity (Wildman–Crippen MR) is 85.7 cm³/mol. The maximum absolute atomic E-state index is 8.71. The number of unbranched alkanes of at least 4 members (excludes halogenated alkanes) is 2. The second kappa shape index (κ2) is 9.75. The van der Waals surface area contributed by atoms with Crippen LogP contribution in [-0.2, 0) is 6.54 Å². The molecule has 5 heteroatoms. The van der Waals surface area contributed by atoms with Gasteiger partial charge in [-0.3, -0.25) is 0 Å². The van der Waals surface area contributed by atoms with Gasteiger partial charge in [0.05, 0.1) is 15.6 Å². The molecule has 0 radical (unpaired) electrons. The molecule has 0 unspecified atom stereocenters. The molecule has 1 aromatic rings. The lowest BCUT2D eigenvalue weighted by molar-refractivity contribution is 0.265. The minimum absolute atomic E-state index is 0.256. The summed E-state index contributed by atoms with van der Waals surface area (Å²) in [6, 6.07) is 4.16. The van der Waals surface area contributed by atoms with Crippen molar-refractivity contribution in [1.82, 2.24) is 5.32 Å². The van der Waals surface area contributed by atoms with Crippen LogP contribution in [0.1, 0.15) is 31.7 Å². The highest BCUT2D eigenvalue weighted by Gasteiger charge is 2.08. The highest BCUT2D eigenvalue weighted by Crippen LogP contribution is 2.34. The molecule has 0 spiro atoms. The lowest BCUT2D eigenvalue weighted by Gasteiger charge is -2.12. The quantitative estimate of drug-likeness (QED) is 0.624. The van der Waals surface area contributed by atoms with Gasteiger partial charge in [0.15, 0.2) is 0 Å². The van der Waals surface area contributed by atoms with Gasteiger partial charge >= 0.3 is 0 Å². The van der Waals surface area contributed by atoms with Crippen LogP contribution in [0.15, 0.2) is 21.1 Å². The van der Waals surface area contributed by atoms with E-state index in [1.165, 1.54) is 5.56 Å². The molecule has 0 saturated heterocycles. The van der Waals surface area contributed by atoms with Crippen molar-refractivity contribution in [3.8, 4) is 5.75 Å². The Morgan fingerprint density at radius 3 is 2.42 bits per heavy atom. The van der Waals surface area contributed by atoms with Gasteiger partial charge in [-0.2, -0.15) is 0 Å². The van der Waals surface area contributed by atoms with Crippen LogP contribution in [0.25, 0.3) is 0 Å². The fourth-order valence-corrected chi connectivity index (χ4v) is 3.20. The van der Waals surface area contributed by atoms with E-state index in [2.05, 4.69) is 56.2 Å². The molecule has 0 heterocycles. The number of hydrogen-bond donors (Lipinski definition) is 2. The molecule has 1 aromatic carbocycles. The van der Waals surface area contributed by atoms with Crippen molar-refractivity contribution in [1.29, 1.82) is 0 Å². The van der Waals surface area contributed by atoms with Gasteiger partial charge in [-0.25, -0.2) is 0 Å². The van der Waals surface area contributed by atoms with Crippen molar-refractivity contribution in [2.45, 2.75) is 32.7 Å². The van der Waals surface area contributed by atoms with Crippen molar-refractivity contribution in [3.63, 3.8) is 0 Å². The zero-order valence-electron chi connectivity index (χ0n) is 11.2. The lowest BCUT2D eigenvalue weighted by atomic mass is 10.2. The molecular weight excluding hydrogens is 374 g/mol. The molecule has 1 rings (SSSR count). The van der Waals surface area contributed by atoms with Crippen LogP contribution >= 0.6 is 31.9 Å². The fraction of sp³-hybridized carbons (Fsp3) is 0.571. The number of benzene rings is 1. The first kappa shape index (κ1) is 17.0. The van der Waals surface area contributed by atoms with E-state index >= 15 is 0 Å². The number of aliphatic hydroxyl groups excluding tert-OH is 1. The third kappa shape index (κ3) is 6.25. The molecule has 0 aliphatic carbocycles. The molecule has 108 valence electrons. The lowest BCUT2D eigenvalue weighted by Crippen LogP contribution is -2.11. The first-order valence-corrected chi connectivity index (χ1v) is 8.20. The second-order valence-corrected chi connectivity index (χ2v) is 6.01. The van der Waals surface area contributed by atoms with E-state index in [4.69, 9.17) is 9.84 Å². The van der Waals surface area contributed by atoms with Crippen LogP contribution in [0, 0.1) is 0 Å². The van der Waals surface area contributed by atoms with Gasteiger partial charge in [0, 0.05) is 13.2 Å². The molecule has 19 heavy (non-hydrogen) atoms. The fourth-order valence-electron chi connectivity index (χ4n) is 1.69. The Balaban J connectivity index is 2.53. The predicted octanol–water partition coefficient (Wildman–Crippen LogP) is 3.86. The van der Waals surface area contributed by atoms with Crippen LogP contribution < -0.4 is 10.1 Å². The average Bonchev–Trinajstić information content (AvgIpc) is 2.38. The van der Waals surface area contributed by atoms with E-state index in [1.807, 2.05) is 0 Å². The Labute approximate surface area is 132 Å². The van der Waals surface area contributed by atoms with Gasteiger partial charge in [-0.1, -0.05) is 6.92 Å². The largest absolute Gasteiger partial charge is 0.491 e. The number of hydrogen-bond acceptors (Lipinski definition) is 3. The molecule has 0 bridgehead atoms. The van der Waals surface area contributed by atoms with Crippen LogP contribution in [-0.4, -0.2) is 24.9 Å². The van der Waals surface area contributed by atoms with E-state index in [0.29, 0.717) is 6.61 Å². The third-order valence-corrected chi connectivity index (χ3v) is 3.86. The van der Waals surface area contributed by atoms with Gasteiger partial charge in [-0.05, 0) is 75.4 Å². The van der Waals surface area contributed by atoms with Crippen LogP contribution in [0.2, 0.25) is 0 Å². The Kier molecular flexibility index (Phi) is 8.70. The maximum Gasteiger partial charge on any atom is 0.147 e. The number of rotatable bonds is 9. The zero-order chi connectivity index (χ0) is 14.1. The molecule has 0 saturated carbocycles. The molecule has 0 atom stereocenters. The minimum atomic E-state index is 0.256. The Morgan fingerprint density at radius 1 is 1.16 bits per heavy atom. The second-order valence-electron chi connectivity index (χ2n) is 4.30. The Morgan fingerprint density at radius 2 is 1.84 bits per heavy atom. The summed E-state index contributed by atoms with van der Waals surface area (Å²) < 4.78 is 7.72. The van der Waals surface area contributed by atoms with Crippen molar-refractivity contribution in [2.24, 2.45) is 0 Å². The summed E-state index contributed by atoms with van der Waals surface area (Å²) in [4.78, 5) is 0. The number of nitrogens with one attached hydrogen (secondary N) is 1. The topological polar surface area (TPSA) is 41.5 Å². The summed E-state index contributed by atoms with van der Waals surface area (Å²) in [6.45, 7) is 4.83. The summed E-state index contributed by atoms with van der Waals surface area (Å²) >= 11 is 7.10. The maximum atomic E-state index is 8.71. The van der Waals surface area contributed by atoms with E-state index < -0.39 is 0 Å².